The van der Waals surface area contributed by atoms with Gasteiger partial charge in [-0.25, -0.2) is 9.78 Å². The van der Waals surface area contributed by atoms with E-state index >= 15 is 0 Å². The first-order valence-corrected chi connectivity index (χ1v) is 8.96. The number of rotatable bonds is 6. The van der Waals surface area contributed by atoms with Crippen molar-refractivity contribution < 1.29 is 14.6 Å². The van der Waals surface area contributed by atoms with Crippen LogP contribution < -0.4 is 4.74 Å². The summed E-state index contributed by atoms with van der Waals surface area (Å²) in [4.78, 5) is 15.1. The minimum Gasteiger partial charge on any atom is -0.493 e. The highest BCUT2D eigenvalue weighted by atomic mass is 35.5. The Morgan fingerprint density at radius 2 is 2.17 bits per heavy atom. The van der Waals surface area contributed by atoms with Crippen molar-refractivity contribution in [3.05, 3.63) is 44.9 Å². The van der Waals surface area contributed by atoms with E-state index in [0.717, 1.165) is 22.9 Å². The molecule has 0 spiro atoms. The zero-order valence-corrected chi connectivity index (χ0v) is 14.2. The summed E-state index contributed by atoms with van der Waals surface area (Å²) in [5.41, 5.74) is 1.03. The molecule has 1 aliphatic rings. The number of thiazole rings is 1. The second kappa shape index (κ2) is 7.32. The molecule has 6 heteroatoms. The molecule has 0 atom stereocenters. The minimum atomic E-state index is -1.00. The Morgan fingerprint density at radius 3 is 2.87 bits per heavy atom. The number of hydrogen-bond donors (Lipinski definition) is 1. The van der Waals surface area contributed by atoms with Crippen molar-refractivity contribution in [2.45, 2.75) is 32.1 Å². The van der Waals surface area contributed by atoms with Gasteiger partial charge in [0.05, 0.1) is 11.6 Å². The number of carbonyl (C=O) groups is 1. The maximum absolute atomic E-state index is 10.9. The molecular formula is C17H18ClNO3S. The summed E-state index contributed by atoms with van der Waals surface area (Å²) < 4.78 is 6.00. The molecule has 1 fully saturated rings. The van der Waals surface area contributed by atoms with Gasteiger partial charge in [-0.15, -0.1) is 11.3 Å². The molecule has 1 N–H and O–H groups in total. The fourth-order valence-corrected chi connectivity index (χ4v) is 3.85. The van der Waals surface area contributed by atoms with Gasteiger partial charge in [0.1, 0.15) is 5.75 Å². The first-order valence-electron chi connectivity index (χ1n) is 7.71. The quantitative estimate of drug-likeness (QED) is 0.822. The van der Waals surface area contributed by atoms with Gasteiger partial charge >= 0.3 is 5.97 Å². The molecular weight excluding hydrogens is 334 g/mol. The fourth-order valence-electron chi connectivity index (χ4n) is 2.86. The van der Waals surface area contributed by atoms with Crippen molar-refractivity contribution >= 4 is 28.9 Å². The van der Waals surface area contributed by atoms with Crippen LogP contribution in [-0.2, 0) is 6.42 Å². The molecule has 0 aliphatic heterocycles. The molecule has 0 radical (unpaired) electrons. The van der Waals surface area contributed by atoms with E-state index in [0.29, 0.717) is 17.4 Å². The standard InChI is InChI=1S/C17H18ClNO3S/c18-13-5-6-15(22-9-11-3-1-2-4-11)12(7-13)8-16-19-14(10-23-16)17(20)21/h5-7,10-11H,1-4,8-9H2,(H,20,21). The Kier molecular flexibility index (Phi) is 5.18. The number of halogens is 1. The van der Waals surface area contributed by atoms with Gasteiger partial charge in [0.25, 0.3) is 0 Å². The molecule has 4 nitrogen and oxygen atoms in total. The average molecular weight is 352 g/mol. The minimum absolute atomic E-state index is 0.0838. The maximum Gasteiger partial charge on any atom is 0.355 e. The van der Waals surface area contributed by atoms with Crippen molar-refractivity contribution in [1.29, 1.82) is 0 Å². The van der Waals surface area contributed by atoms with Crippen LogP contribution in [0.25, 0.3) is 0 Å². The summed E-state index contributed by atoms with van der Waals surface area (Å²) in [6, 6.07) is 5.57. The van der Waals surface area contributed by atoms with E-state index < -0.39 is 5.97 Å². The molecule has 1 aromatic carbocycles. The molecule has 122 valence electrons. The van der Waals surface area contributed by atoms with Gasteiger partial charge in [-0.1, -0.05) is 24.4 Å². The molecule has 1 aromatic heterocycles. The molecule has 23 heavy (non-hydrogen) atoms. The van der Waals surface area contributed by atoms with E-state index in [4.69, 9.17) is 21.4 Å². The van der Waals surface area contributed by atoms with Gasteiger partial charge in [0, 0.05) is 22.4 Å². The normalized spacial score (nSPS) is 15.0. The summed E-state index contributed by atoms with van der Waals surface area (Å²) in [5, 5.41) is 11.9. The second-order valence-electron chi connectivity index (χ2n) is 5.82. The Balaban J connectivity index is 1.73. The van der Waals surface area contributed by atoms with Crippen LogP contribution in [0, 0.1) is 5.92 Å². The van der Waals surface area contributed by atoms with Crippen LogP contribution in [0.2, 0.25) is 5.02 Å². The van der Waals surface area contributed by atoms with E-state index in [2.05, 4.69) is 4.98 Å². The van der Waals surface area contributed by atoms with Crippen molar-refractivity contribution in [3.8, 4) is 5.75 Å². The lowest BCUT2D eigenvalue weighted by Gasteiger charge is -2.14. The fraction of sp³-hybridized carbons (Fsp3) is 0.412. The van der Waals surface area contributed by atoms with E-state index in [1.165, 1.54) is 37.0 Å². The zero-order chi connectivity index (χ0) is 16.2. The van der Waals surface area contributed by atoms with Crippen molar-refractivity contribution in [2.24, 2.45) is 5.92 Å². The molecule has 0 saturated heterocycles. The summed E-state index contributed by atoms with van der Waals surface area (Å²) in [6.07, 6.45) is 5.57. The van der Waals surface area contributed by atoms with Crippen LogP contribution in [0.5, 0.6) is 5.75 Å². The Labute approximate surface area is 144 Å². The lowest BCUT2D eigenvalue weighted by molar-refractivity contribution is 0.0691. The number of nitrogens with zero attached hydrogens (tertiary/aromatic N) is 1. The van der Waals surface area contributed by atoms with Crippen LogP contribution in [-0.4, -0.2) is 22.7 Å². The molecule has 1 heterocycles. The van der Waals surface area contributed by atoms with E-state index in [1.54, 1.807) is 5.38 Å². The topological polar surface area (TPSA) is 59.4 Å². The molecule has 1 saturated carbocycles. The smallest absolute Gasteiger partial charge is 0.355 e. The maximum atomic E-state index is 10.9. The number of aromatic nitrogens is 1. The van der Waals surface area contributed by atoms with Crippen LogP contribution >= 0.6 is 22.9 Å². The van der Waals surface area contributed by atoms with Crippen molar-refractivity contribution in [3.63, 3.8) is 0 Å². The molecule has 0 bridgehead atoms. The van der Waals surface area contributed by atoms with E-state index in [1.807, 2.05) is 18.2 Å². The van der Waals surface area contributed by atoms with E-state index in [9.17, 15) is 4.79 Å². The van der Waals surface area contributed by atoms with Gasteiger partial charge in [0.2, 0.25) is 0 Å². The highest BCUT2D eigenvalue weighted by molar-refractivity contribution is 7.09. The summed E-state index contributed by atoms with van der Waals surface area (Å²) in [5.74, 6) is 0.446. The number of benzene rings is 1. The first kappa shape index (κ1) is 16.3. The number of hydrogen-bond acceptors (Lipinski definition) is 4. The Hall–Kier alpha value is -1.59. The molecule has 0 unspecified atom stereocenters. The molecule has 0 amide bonds. The van der Waals surface area contributed by atoms with Gasteiger partial charge in [-0.05, 0) is 37.0 Å². The van der Waals surface area contributed by atoms with Crippen LogP contribution in [0.3, 0.4) is 0 Å². The number of aromatic carboxylic acids is 1. The van der Waals surface area contributed by atoms with Crippen LogP contribution in [0.1, 0.15) is 46.7 Å². The summed E-state index contributed by atoms with van der Waals surface area (Å²) in [7, 11) is 0. The highest BCUT2D eigenvalue weighted by Gasteiger charge is 2.17. The molecule has 1 aliphatic carbocycles. The van der Waals surface area contributed by atoms with E-state index in [-0.39, 0.29) is 5.69 Å². The summed E-state index contributed by atoms with van der Waals surface area (Å²) in [6.45, 7) is 0.729. The SMILES string of the molecule is O=C(O)c1csc(Cc2cc(Cl)ccc2OCC2CCCC2)n1. The Morgan fingerprint density at radius 1 is 1.39 bits per heavy atom. The van der Waals surface area contributed by atoms with Gasteiger partial charge in [0.15, 0.2) is 5.69 Å². The molecule has 2 aromatic rings. The predicted molar refractivity (Wildman–Crippen MR) is 90.8 cm³/mol. The third kappa shape index (κ3) is 4.24. The van der Waals surface area contributed by atoms with Gasteiger partial charge in [-0.3, -0.25) is 0 Å². The van der Waals surface area contributed by atoms with Gasteiger partial charge < -0.3 is 9.84 Å². The third-order valence-corrected chi connectivity index (χ3v) is 5.17. The Bertz CT molecular complexity index is 695. The molecule has 3 rings (SSSR count). The third-order valence-electron chi connectivity index (χ3n) is 4.08. The number of carboxylic acid groups (broad SMARTS) is 1. The second-order valence-corrected chi connectivity index (χ2v) is 7.20. The van der Waals surface area contributed by atoms with Gasteiger partial charge in [-0.2, -0.15) is 0 Å². The monoisotopic (exact) mass is 351 g/mol. The number of ether oxygens (including phenoxy) is 1. The average Bonchev–Trinajstić information content (AvgIpc) is 3.18. The lowest BCUT2D eigenvalue weighted by Crippen LogP contribution is -2.09. The highest BCUT2D eigenvalue weighted by Crippen LogP contribution is 2.29. The zero-order valence-electron chi connectivity index (χ0n) is 12.6. The largest absolute Gasteiger partial charge is 0.493 e. The number of carboxylic acids is 1. The van der Waals surface area contributed by atoms with Crippen LogP contribution in [0.4, 0.5) is 0 Å². The first-order chi connectivity index (χ1) is 11.1. The lowest BCUT2D eigenvalue weighted by atomic mass is 10.1. The van der Waals surface area contributed by atoms with Crippen molar-refractivity contribution in [1.82, 2.24) is 4.98 Å². The van der Waals surface area contributed by atoms with Crippen LogP contribution in [0.15, 0.2) is 23.6 Å². The predicted octanol–water partition coefficient (Wildman–Crippen LogP) is 4.65. The summed E-state index contributed by atoms with van der Waals surface area (Å²) >= 11 is 7.44. The van der Waals surface area contributed by atoms with Crippen molar-refractivity contribution in [2.75, 3.05) is 6.61 Å².